The summed E-state index contributed by atoms with van der Waals surface area (Å²) < 4.78 is 5.10. The summed E-state index contributed by atoms with van der Waals surface area (Å²) in [5, 5.41) is -0.594. The lowest BCUT2D eigenvalue weighted by Crippen LogP contribution is -2.43. The highest BCUT2D eigenvalue weighted by molar-refractivity contribution is 6.32. The maximum Gasteiger partial charge on any atom is 0.244 e. The molecular formula is C8H12ClNO2. The summed E-state index contributed by atoms with van der Waals surface area (Å²) in [7, 11) is 0. The lowest BCUT2D eigenvalue weighted by Gasteiger charge is -2.27. The van der Waals surface area contributed by atoms with E-state index in [1.807, 2.05) is 0 Å². The second-order valence-electron chi connectivity index (χ2n) is 2.58. The van der Waals surface area contributed by atoms with Crippen LogP contribution >= 0.6 is 11.6 Å². The van der Waals surface area contributed by atoms with Gasteiger partial charge in [-0.2, -0.15) is 0 Å². The number of carbonyl (C=O) groups excluding carboxylic acids is 1. The molecule has 3 nitrogen and oxygen atoms in total. The fraction of sp³-hybridized carbons (Fsp3) is 0.625. The molecule has 68 valence electrons. The number of amides is 1. The van der Waals surface area contributed by atoms with Gasteiger partial charge in [0.25, 0.3) is 0 Å². The SMILES string of the molecule is C=CC(Cl)C(=O)N1CCOCC1. The zero-order valence-corrected chi connectivity index (χ0v) is 7.59. The number of morpholine rings is 1. The first kappa shape index (κ1) is 9.55. The molecule has 0 aromatic carbocycles. The molecule has 1 saturated heterocycles. The molecule has 1 heterocycles. The van der Waals surface area contributed by atoms with Crippen LogP contribution in [0.2, 0.25) is 0 Å². The van der Waals surface area contributed by atoms with Crippen molar-refractivity contribution >= 4 is 17.5 Å². The van der Waals surface area contributed by atoms with E-state index in [-0.39, 0.29) is 5.91 Å². The summed E-state index contributed by atoms with van der Waals surface area (Å²) in [5.41, 5.74) is 0. The Labute approximate surface area is 76.9 Å². The van der Waals surface area contributed by atoms with E-state index in [2.05, 4.69) is 6.58 Å². The lowest BCUT2D eigenvalue weighted by molar-refractivity contribution is -0.133. The molecule has 0 aliphatic carbocycles. The molecule has 0 N–H and O–H groups in total. The first-order valence-corrected chi connectivity index (χ1v) is 4.32. The predicted molar refractivity (Wildman–Crippen MR) is 47.2 cm³/mol. The highest BCUT2D eigenvalue weighted by Crippen LogP contribution is 2.05. The minimum Gasteiger partial charge on any atom is -0.378 e. The molecule has 1 aliphatic rings. The number of nitrogens with zero attached hydrogens (tertiary/aromatic N) is 1. The van der Waals surface area contributed by atoms with Crippen molar-refractivity contribution in [1.82, 2.24) is 4.90 Å². The number of rotatable bonds is 2. The van der Waals surface area contributed by atoms with Crippen LogP contribution in [-0.2, 0) is 9.53 Å². The van der Waals surface area contributed by atoms with Gasteiger partial charge in [-0.25, -0.2) is 0 Å². The van der Waals surface area contributed by atoms with Crippen LogP contribution < -0.4 is 0 Å². The van der Waals surface area contributed by atoms with Crippen LogP contribution in [0.25, 0.3) is 0 Å². The number of halogens is 1. The largest absolute Gasteiger partial charge is 0.378 e. The van der Waals surface area contributed by atoms with Crippen LogP contribution in [0.4, 0.5) is 0 Å². The molecule has 0 aromatic rings. The van der Waals surface area contributed by atoms with Crippen molar-refractivity contribution in [2.45, 2.75) is 5.38 Å². The van der Waals surface area contributed by atoms with Gasteiger partial charge in [-0.15, -0.1) is 18.2 Å². The molecule has 0 bridgehead atoms. The third-order valence-electron chi connectivity index (χ3n) is 1.77. The molecule has 0 spiro atoms. The van der Waals surface area contributed by atoms with E-state index in [9.17, 15) is 4.79 Å². The van der Waals surface area contributed by atoms with Gasteiger partial charge in [0.2, 0.25) is 5.91 Å². The smallest absolute Gasteiger partial charge is 0.244 e. The van der Waals surface area contributed by atoms with Crippen LogP contribution in [0.15, 0.2) is 12.7 Å². The predicted octanol–water partition coefficient (Wildman–Crippen LogP) is 0.639. The van der Waals surface area contributed by atoms with E-state index in [1.165, 1.54) is 6.08 Å². The van der Waals surface area contributed by atoms with E-state index in [0.717, 1.165) is 0 Å². The summed E-state index contributed by atoms with van der Waals surface area (Å²) in [6.45, 7) is 5.94. The first-order chi connectivity index (χ1) is 5.75. The molecule has 1 rings (SSSR count). The number of hydrogen-bond donors (Lipinski definition) is 0. The molecule has 1 aliphatic heterocycles. The summed E-state index contributed by atoms with van der Waals surface area (Å²) in [6, 6.07) is 0. The molecule has 1 atom stereocenters. The Bertz CT molecular complexity index is 178. The van der Waals surface area contributed by atoms with Crippen molar-refractivity contribution in [3.63, 3.8) is 0 Å². The number of ether oxygens (including phenoxy) is 1. The molecule has 12 heavy (non-hydrogen) atoms. The number of alkyl halides is 1. The highest BCUT2D eigenvalue weighted by atomic mass is 35.5. The molecule has 0 saturated carbocycles. The Morgan fingerprint density at radius 3 is 2.67 bits per heavy atom. The Hall–Kier alpha value is -0.540. The van der Waals surface area contributed by atoms with Crippen molar-refractivity contribution in [2.75, 3.05) is 26.3 Å². The summed E-state index contributed by atoms with van der Waals surface area (Å²) in [4.78, 5) is 13.1. The van der Waals surface area contributed by atoms with Crippen molar-refractivity contribution in [2.24, 2.45) is 0 Å². The van der Waals surface area contributed by atoms with Gasteiger partial charge in [-0.1, -0.05) is 6.08 Å². The van der Waals surface area contributed by atoms with Crippen LogP contribution in [0.3, 0.4) is 0 Å². The average molecular weight is 190 g/mol. The minimum atomic E-state index is -0.594. The molecule has 1 unspecified atom stereocenters. The van der Waals surface area contributed by atoms with E-state index in [1.54, 1.807) is 4.90 Å². The Balaban J connectivity index is 2.44. The Morgan fingerprint density at radius 2 is 2.17 bits per heavy atom. The Kier molecular flexibility index (Phi) is 3.56. The van der Waals surface area contributed by atoms with Crippen molar-refractivity contribution < 1.29 is 9.53 Å². The molecule has 0 radical (unpaired) electrons. The van der Waals surface area contributed by atoms with Crippen LogP contribution in [-0.4, -0.2) is 42.5 Å². The average Bonchev–Trinajstić information content (AvgIpc) is 2.17. The number of hydrogen-bond acceptors (Lipinski definition) is 2. The minimum absolute atomic E-state index is 0.0741. The quantitative estimate of drug-likeness (QED) is 0.471. The fourth-order valence-corrected chi connectivity index (χ4v) is 1.20. The van der Waals surface area contributed by atoms with Crippen molar-refractivity contribution in [1.29, 1.82) is 0 Å². The molecule has 1 fully saturated rings. The van der Waals surface area contributed by atoms with Crippen LogP contribution in [0.5, 0.6) is 0 Å². The van der Waals surface area contributed by atoms with Gasteiger partial charge in [-0.05, 0) is 0 Å². The third-order valence-corrected chi connectivity index (χ3v) is 2.13. The van der Waals surface area contributed by atoms with Gasteiger partial charge in [0.15, 0.2) is 0 Å². The second kappa shape index (κ2) is 4.48. The first-order valence-electron chi connectivity index (χ1n) is 3.89. The van der Waals surface area contributed by atoms with E-state index in [4.69, 9.17) is 16.3 Å². The highest BCUT2D eigenvalue weighted by Gasteiger charge is 2.21. The van der Waals surface area contributed by atoms with Gasteiger partial charge in [0.05, 0.1) is 13.2 Å². The molecule has 0 aromatic heterocycles. The monoisotopic (exact) mass is 189 g/mol. The van der Waals surface area contributed by atoms with Crippen molar-refractivity contribution in [3.05, 3.63) is 12.7 Å². The lowest BCUT2D eigenvalue weighted by atomic mass is 10.3. The van der Waals surface area contributed by atoms with Gasteiger partial charge in [0, 0.05) is 13.1 Å². The van der Waals surface area contributed by atoms with Gasteiger partial charge >= 0.3 is 0 Å². The van der Waals surface area contributed by atoms with Crippen LogP contribution in [0, 0.1) is 0 Å². The molecule has 1 amide bonds. The fourth-order valence-electron chi connectivity index (χ4n) is 1.06. The van der Waals surface area contributed by atoms with Gasteiger partial charge in [-0.3, -0.25) is 4.79 Å². The topological polar surface area (TPSA) is 29.5 Å². The van der Waals surface area contributed by atoms with Crippen molar-refractivity contribution in [3.8, 4) is 0 Å². The third kappa shape index (κ3) is 2.22. The summed E-state index contributed by atoms with van der Waals surface area (Å²) in [6.07, 6.45) is 1.44. The maximum atomic E-state index is 11.4. The van der Waals surface area contributed by atoms with Crippen LogP contribution in [0.1, 0.15) is 0 Å². The summed E-state index contributed by atoms with van der Waals surface area (Å²) >= 11 is 5.70. The molecular weight excluding hydrogens is 178 g/mol. The number of carbonyl (C=O) groups is 1. The standard InChI is InChI=1S/C8H12ClNO2/c1-2-7(9)8(11)10-3-5-12-6-4-10/h2,7H,1,3-6H2. The van der Waals surface area contributed by atoms with E-state index >= 15 is 0 Å². The summed E-state index contributed by atoms with van der Waals surface area (Å²) in [5.74, 6) is -0.0741. The zero-order chi connectivity index (χ0) is 8.97. The normalized spacial score (nSPS) is 20.2. The van der Waals surface area contributed by atoms with Gasteiger partial charge < -0.3 is 9.64 Å². The van der Waals surface area contributed by atoms with Gasteiger partial charge in [0.1, 0.15) is 5.38 Å². The zero-order valence-electron chi connectivity index (χ0n) is 6.83. The van der Waals surface area contributed by atoms with E-state index < -0.39 is 5.38 Å². The maximum absolute atomic E-state index is 11.4. The van der Waals surface area contributed by atoms with E-state index in [0.29, 0.717) is 26.3 Å². The Morgan fingerprint density at radius 1 is 1.58 bits per heavy atom. The second-order valence-corrected chi connectivity index (χ2v) is 3.05. The molecule has 4 heteroatoms.